The molecule has 0 aliphatic carbocycles. The lowest BCUT2D eigenvalue weighted by Gasteiger charge is -2.45. The minimum absolute atomic E-state index is 0.0606. The fourth-order valence-electron chi connectivity index (χ4n) is 4.87. The third-order valence-corrected chi connectivity index (χ3v) is 6.87. The summed E-state index contributed by atoms with van der Waals surface area (Å²) in [7, 11) is 1.64. The molecule has 0 N–H and O–H groups in total. The van der Waals surface area contributed by atoms with E-state index in [9.17, 15) is 18.4 Å². The lowest BCUT2D eigenvalue weighted by molar-refractivity contribution is -0.130. The number of halogens is 3. The van der Waals surface area contributed by atoms with Crippen LogP contribution in [0.2, 0.25) is 5.02 Å². The molecule has 0 unspecified atom stereocenters. The summed E-state index contributed by atoms with van der Waals surface area (Å²) in [6.45, 7) is 8.90. The van der Waals surface area contributed by atoms with Crippen molar-refractivity contribution in [2.24, 2.45) is 4.99 Å². The van der Waals surface area contributed by atoms with E-state index in [1.807, 2.05) is 13.8 Å². The van der Waals surface area contributed by atoms with Gasteiger partial charge in [-0.1, -0.05) is 18.2 Å². The van der Waals surface area contributed by atoms with Crippen LogP contribution in [0.15, 0.2) is 41.9 Å². The van der Waals surface area contributed by atoms with Gasteiger partial charge in [-0.15, -0.1) is 0 Å². The maximum Gasteiger partial charge on any atom is 0.246 e. The van der Waals surface area contributed by atoms with Gasteiger partial charge in [-0.25, -0.2) is 8.78 Å². The number of rotatable bonds is 4. The molecule has 2 aliphatic heterocycles. The van der Waals surface area contributed by atoms with Crippen LogP contribution in [0.3, 0.4) is 0 Å². The average molecular weight is 517 g/mol. The summed E-state index contributed by atoms with van der Waals surface area (Å²) in [5.41, 5.74) is 1.24. The molecule has 2 atom stereocenters. The highest BCUT2D eigenvalue weighted by atomic mass is 35.5. The van der Waals surface area contributed by atoms with Gasteiger partial charge in [0.15, 0.2) is 5.75 Å². The maximum absolute atomic E-state index is 14.8. The molecule has 2 amide bonds. The fraction of sp³-hybridized carbons (Fsp3) is 0.346. The number of amidine groups is 1. The molecule has 1 saturated heterocycles. The zero-order valence-electron chi connectivity index (χ0n) is 20.3. The van der Waals surface area contributed by atoms with Crippen LogP contribution in [0, 0.1) is 11.6 Å². The van der Waals surface area contributed by atoms with Gasteiger partial charge in [0, 0.05) is 55.0 Å². The van der Waals surface area contributed by atoms with Crippen LogP contribution < -0.4 is 9.64 Å². The minimum atomic E-state index is -0.798. The molecule has 7 nitrogen and oxygen atoms in total. The molecule has 2 aromatic carbocycles. The van der Waals surface area contributed by atoms with Crippen LogP contribution >= 0.6 is 11.6 Å². The van der Waals surface area contributed by atoms with Crippen molar-refractivity contribution in [3.8, 4) is 16.9 Å². The number of nitrogens with zero attached hydrogens (tertiary/aromatic N) is 4. The third-order valence-electron chi connectivity index (χ3n) is 6.57. The van der Waals surface area contributed by atoms with Gasteiger partial charge >= 0.3 is 0 Å². The van der Waals surface area contributed by atoms with Crippen LogP contribution in [-0.2, 0) is 9.59 Å². The number of anilines is 1. The van der Waals surface area contributed by atoms with Gasteiger partial charge in [-0.2, -0.15) is 0 Å². The summed E-state index contributed by atoms with van der Waals surface area (Å²) >= 11 is 6.71. The normalized spacial score (nSPS) is 20.1. The number of aliphatic imine (C=N–C) groups is 1. The molecule has 190 valence electrons. The Hall–Kier alpha value is -3.46. The largest absolute Gasteiger partial charge is 0.489 e. The number of benzene rings is 2. The lowest BCUT2D eigenvalue weighted by Crippen LogP contribution is -2.59. The van der Waals surface area contributed by atoms with E-state index in [1.165, 1.54) is 17.0 Å². The maximum atomic E-state index is 14.8. The van der Waals surface area contributed by atoms with E-state index >= 15 is 0 Å². The van der Waals surface area contributed by atoms with E-state index < -0.39 is 11.6 Å². The molecule has 0 spiro atoms. The van der Waals surface area contributed by atoms with Crippen molar-refractivity contribution in [1.29, 1.82) is 0 Å². The summed E-state index contributed by atoms with van der Waals surface area (Å²) in [4.78, 5) is 34.2. The monoisotopic (exact) mass is 516 g/mol. The summed E-state index contributed by atoms with van der Waals surface area (Å²) in [6.07, 6.45) is 1.99. The standard InChI is InChI=1S/C26H27ClF2N4O3/c1-5-22(35)32-12-16(3)33(13-15(32)2)26(30-4)19-11-20(27)23(18-7-6-17(28)10-21(18)29)25-24(19)31(14-34)8-9-36-25/h5-7,10-11,14-16H,1,8-9,12-13H2,2-4H3/t15-,16+/m1/s1. The first-order valence-electron chi connectivity index (χ1n) is 11.5. The molecule has 0 radical (unpaired) electrons. The Morgan fingerprint density at radius 3 is 2.53 bits per heavy atom. The second-order valence-electron chi connectivity index (χ2n) is 8.82. The summed E-state index contributed by atoms with van der Waals surface area (Å²) in [5.74, 6) is -0.875. The van der Waals surface area contributed by atoms with E-state index in [1.54, 1.807) is 18.0 Å². The van der Waals surface area contributed by atoms with Crippen molar-refractivity contribution in [3.63, 3.8) is 0 Å². The number of ether oxygens (including phenoxy) is 1. The number of hydrogen-bond donors (Lipinski definition) is 0. The molecule has 2 heterocycles. The quantitative estimate of drug-likeness (QED) is 0.265. The van der Waals surface area contributed by atoms with Crippen molar-refractivity contribution in [3.05, 3.63) is 59.1 Å². The van der Waals surface area contributed by atoms with Gasteiger partial charge in [-0.3, -0.25) is 14.6 Å². The van der Waals surface area contributed by atoms with Crippen molar-refractivity contribution in [2.75, 3.05) is 38.2 Å². The van der Waals surface area contributed by atoms with Crippen LogP contribution in [-0.4, -0.2) is 73.3 Å². The van der Waals surface area contributed by atoms with Gasteiger partial charge in [0.25, 0.3) is 0 Å². The van der Waals surface area contributed by atoms with Crippen LogP contribution in [0.1, 0.15) is 19.4 Å². The Morgan fingerprint density at radius 2 is 1.89 bits per heavy atom. The second-order valence-corrected chi connectivity index (χ2v) is 9.23. The first kappa shape index (κ1) is 25.6. The SMILES string of the molecule is C=CC(=O)N1C[C@H](C)N(C(=NC)c2cc(Cl)c(-c3ccc(F)cc3F)c3c2N(C=O)CCO3)C[C@H]1C. The van der Waals surface area contributed by atoms with Crippen molar-refractivity contribution < 1.29 is 23.1 Å². The predicted octanol–water partition coefficient (Wildman–Crippen LogP) is 4.12. The lowest BCUT2D eigenvalue weighted by atomic mass is 9.96. The molecule has 10 heteroatoms. The summed E-state index contributed by atoms with van der Waals surface area (Å²) in [5, 5.41) is 0.171. The Balaban J connectivity index is 1.87. The van der Waals surface area contributed by atoms with E-state index in [2.05, 4.69) is 16.5 Å². The predicted molar refractivity (Wildman–Crippen MR) is 136 cm³/mol. The Labute approximate surface area is 213 Å². The molecule has 36 heavy (non-hydrogen) atoms. The molecule has 0 saturated carbocycles. The van der Waals surface area contributed by atoms with E-state index in [4.69, 9.17) is 16.3 Å². The Morgan fingerprint density at radius 1 is 1.19 bits per heavy atom. The molecule has 0 bridgehead atoms. The highest BCUT2D eigenvalue weighted by molar-refractivity contribution is 6.35. The number of amides is 2. The molecule has 2 aliphatic rings. The van der Waals surface area contributed by atoms with E-state index in [0.29, 0.717) is 36.6 Å². The highest BCUT2D eigenvalue weighted by Crippen LogP contribution is 2.48. The first-order valence-corrected chi connectivity index (χ1v) is 11.9. The number of carbonyl (C=O) groups excluding carboxylic acids is 2. The van der Waals surface area contributed by atoms with E-state index in [0.717, 1.165) is 12.1 Å². The topological polar surface area (TPSA) is 65.5 Å². The number of carbonyl (C=O) groups is 2. The average Bonchev–Trinajstić information content (AvgIpc) is 2.86. The van der Waals surface area contributed by atoms with Gasteiger partial charge in [-0.05, 0) is 38.1 Å². The smallest absolute Gasteiger partial charge is 0.246 e. The zero-order chi connectivity index (χ0) is 26.1. The zero-order valence-corrected chi connectivity index (χ0v) is 21.1. The van der Waals surface area contributed by atoms with Gasteiger partial charge in [0.2, 0.25) is 12.3 Å². The second kappa shape index (κ2) is 10.3. The van der Waals surface area contributed by atoms with Crippen molar-refractivity contribution in [1.82, 2.24) is 9.80 Å². The molecular formula is C26H27ClF2N4O3. The number of fused-ring (bicyclic) bond motifs is 1. The summed E-state index contributed by atoms with van der Waals surface area (Å²) < 4.78 is 34.4. The minimum Gasteiger partial charge on any atom is -0.489 e. The van der Waals surface area contributed by atoms with Crippen LogP contribution in [0.5, 0.6) is 5.75 Å². The molecule has 2 aromatic rings. The fourth-order valence-corrected chi connectivity index (χ4v) is 5.17. The van der Waals surface area contributed by atoms with Crippen LogP contribution in [0.25, 0.3) is 11.1 Å². The van der Waals surface area contributed by atoms with Crippen molar-refractivity contribution >= 4 is 35.4 Å². The molecular weight excluding hydrogens is 490 g/mol. The van der Waals surface area contributed by atoms with Gasteiger partial charge in [0.1, 0.15) is 24.1 Å². The number of piperazine rings is 1. The van der Waals surface area contributed by atoms with Gasteiger partial charge < -0.3 is 19.4 Å². The first-order chi connectivity index (χ1) is 17.2. The van der Waals surface area contributed by atoms with Crippen LogP contribution in [0.4, 0.5) is 14.5 Å². The third kappa shape index (κ3) is 4.43. The van der Waals surface area contributed by atoms with E-state index in [-0.39, 0.29) is 53.0 Å². The highest BCUT2D eigenvalue weighted by Gasteiger charge is 2.36. The summed E-state index contributed by atoms with van der Waals surface area (Å²) in [6, 6.07) is 4.61. The molecule has 4 rings (SSSR count). The Bertz CT molecular complexity index is 1250. The molecule has 0 aromatic heterocycles. The van der Waals surface area contributed by atoms with Crippen molar-refractivity contribution in [2.45, 2.75) is 25.9 Å². The Kier molecular flexibility index (Phi) is 7.31. The van der Waals surface area contributed by atoms with Gasteiger partial charge in [0.05, 0.1) is 17.3 Å². The number of hydrogen-bond acceptors (Lipinski definition) is 4. The molecule has 1 fully saturated rings.